The van der Waals surface area contributed by atoms with Crippen LogP contribution in [-0.2, 0) is 20.9 Å². The molecule has 2 N–H and O–H groups in total. The van der Waals surface area contributed by atoms with Crippen LogP contribution < -0.4 is 5.32 Å². The van der Waals surface area contributed by atoms with Crippen molar-refractivity contribution in [1.29, 1.82) is 0 Å². The molecular weight excluding hydrogens is 380 g/mol. The molecule has 1 saturated carbocycles. The molecule has 30 heavy (non-hydrogen) atoms. The second-order valence-electron chi connectivity index (χ2n) is 8.13. The Morgan fingerprint density at radius 3 is 2.50 bits per heavy atom. The number of carbonyl (C=O) groups is 2. The van der Waals surface area contributed by atoms with E-state index in [1.54, 1.807) is 29.2 Å². The van der Waals surface area contributed by atoms with Gasteiger partial charge in [-0.1, -0.05) is 55.3 Å². The zero-order chi connectivity index (χ0) is 20.9. The predicted octanol–water partition coefficient (Wildman–Crippen LogP) is 3.28. The lowest BCUT2D eigenvalue weighted by Gasteiger charge is -2.38. The van der Waals surface area contributed by atoms with Crippen molar-refractivity contribution in [3.63, 3.8) is 0 Å². The lowest BCUT2D eigenvalue weighted by atomic mass is 9.99. The van der Waals surface area contributed by atoms with Gasteiger partial charge in [0, 0.05) is 18.2 Å². The Labute approximate surface area is 176 Å². The maximum Gasteiger partial charge on any atom is 0.249 e. The van der Waals surface area contributed by atoms with Crippen LogP contribution >= 0.6 is 0 Å². The van der Waals surface area contributed by atoms with Crippen molar-refractivity contribution in [1.82, 2.24) is 4.90 Å². The van der Waals surface area contributed by atoms with Gasteiger partial charge in [0.05, 0.1) is 12.6 Å². The number of aliphatic hydroxyl groups excluding tert-OH is 1. The van der Waals surface area contributed by atoms with E-state index in [9.17, 15) is 14.7 Å². The van der Waals surface area contributed by atoms with E-state index in [4.69, 9.17) is 4.74 Å². The quantitative estimate of drug-likeness (QED) is 0.769. The highest BCUT2D eigenvalue weighted by Crippen LogP contribution is 2.28. The molecule has 2 amide bonds. The van der Waals surface area contributed by atoms with Crippen LogP contribution in [-0.4, -0.2) is 41.1 Å². The van der Waals surface area contributed by atoms with Crippen LogP contribution in [0.3, 0.4) is 0 Å². The van der Waals surface area contributed by atoms with E-state index in [2.05, 4.69) is 5.32 Å². The Balaban J connectivity index is 1.44. The van der Waals surface area contributed by atoms with Gasteiger partial charge in [0.25, 0.3) is 0 Å². The first-order chi connectivity index (χ1) is 14.6. The average molecular weight is 408 g/mol. The first kappa shape index (κ1) is 20.6. The molecule has 0 radical (unpaired) electrons. The number of aliphatic hydroxyl groups is 1. The van der Waals surface area contributed by atoms with Crippen molar-refractivity contribution in [2.24, 2.45) is 5.92 Å². The van der Waals surface area contributed by atoms with Crippen LogP contribution in [0, 0.1) is 5.92 Å². The number of hydrogen-bond donors (Lipinski definition) is 2. The summed E-state index contributed by atoms with van der Waals surface area (Å²) in [5.41, 5.74) is 2.42. The van der Waals surface area contributed by atoms with E-state index in [-0.39, 0.29) is 30.9 Å². The van der Waals surface area contributed by atoms with Gasteiger partial charge in [0.15, 0.2) is 0 Å². The SMILES string of the molecule is O=C(Nc1ccc([C@@H](O)[C@H]2COCC(=O)N2Cc2ccccc2)cc1)C1CCCC1. The van der Waals surface area contributed by atoms with Gasteiger partial charge >= 0.3 is 0 Å². The normalized spacial score (nSPS) is 20.9. The maximum atomic E-state index is 12.5. The van der Waals surface area contributed by atoms with Crippen LogP contribution in [0.1, 0.15) is 42.9 Å². The Hall–Kier alpha value is -2.70. The van der Waals surface area contributed by atoms with Gasteiger partial charge in [-0.15, -0.1) is 0 Å². The third-order valence-electron chi connectivity index (χ3n) is 6.04. The Morgan fingerprint density at radius 2 is 1.80 bits per heavy atom. The monoisotopic (exact) mass is 408 g/mol. The van der Waals surface area contributed by atoms with Crippen LogP contribution in [0.25, 0.3) is 0 Å². The standard InChI is InChI=1S/C24H28N2O4/c27-22-16-30-15-21(26(22)14-17-6-2-1-3-7-17)23(28)18-10-12-20(13-11-18)25-24(29)19-8-4-5-9-19/h1-3,6-7,10-13,19,21,23,28H,4-5,8-9,14-16H2,(H,25,29)/t21-,23-/m1/s1. The van der Waals surface area contributed by atoms with Gasteiger partial charge in [0.1, 0.15) is 12.7 Å². The number of nitrogens with zero attached hydrogens (tertiary/aromatic N) is 1. The number of anilines is 1. The van der Waals surface area contributed by atoms with Gasteiger partial charge in [-0.3, -0.25) is 9.59 Å². The van der Waals surface area contributed by atoms with Crippen LogP contribution in [0.5, 0.6) is 0 Å². The molecule has 0 unspecified atom stereocenters. The predicted molar refractivity (Wildman–Crippen MR) is 114 cm³/mol. The van der Waals surface area contributed by atoms with Crippen molar-refractivity contribution in [2.75, 3.05) is 18.5 Å². The van der Waals surface area contributed by atoms with Crippen molar-refractivity contribution < 1.29 is 19.4 Å². The smallest absolute Gasteiger partial charge is 0.249 e. The van der Waals surface area contributed by atoms with Crippen molar-refractivity contribution in [3.8, 4) is 0 Å². The van der Waals surface area contributed by atoms with Gasteiger partial charge in [-0.2, -0.15) is 0 Å². The molecular formula is C24H28N2O4. The zero-order valence-corrected chi connectivity index (χ0v) is 17.0. The molecule has 2 aromatic rings. The highest BCUT2D eigenvalue weighted by Gasteiger charge is 2.34. The molecule has 0 spiro atoms. The molecule has 2 fully saturated rings. The summed E-state index contributed by atoms with van der Waals surface area (Å²) in [6.45, 7) is 0.738. The molecule has 0 aromatic heterocycles. The summed E-state index contributed by atoms with van der Waals surface area (Å²) in [5, 5.41) is 14.0. The van der Waals surface area contributed by atoms with E-state index in [1.807, 2.05) is 30.3 Å². The summed E-state index contributed by atoms with van der Waals surface area (Å²) in [6.07, 6.45) is 3.26. The first-order valence-corrected chi connectivity index (χ1v) is 10.6. The minimum atomic E-state index is -0.877. The summed E-state index contributed by atoms with van der Waals surface area (Å²) in [4.78, 5) is 26.5. The molecule has 2 aliphatic rings. The lowest BCUT2D eigenvalue weighted by Crippen LogP contribution is -2.51. The molecule has 4 rings (SSSR count). The second-order valence-corrected chi connectivity index (χ2v) is 8.13. The average Bonchev–Trinajstić information content (AvgIpc) is 3.31. The molecule has 1 saturated heterocycles. The van der Waals surface area contributed by atoms with Gasteiger partial charge in [-0.25, -0.2) is 0 Å². The van der Waals surface area contributed by atoms with Crippen molar-refractivity contribution in [2.45, 2.75) is 44.4 Å². The van der Waals surface area contributed by atoms with Crippen LogP contribution in [0.4, 0.5) is 5.69 Å². The minimum Gasteiger partial charge on any atom is -0.386 e. The fraction of sp³-hybridized carbons (Fsp3) is 0.417. The van der Waals surface area contributed by atoms with E-state index in [0.29, 0.717) is 12.1 Å². The van der Waals surface area contributed by atoms with E-state index < -0.39 is 12.1 Å². The largest absolute Gasteiger partial charge is 0.386 e. The number of nitrogens with one attached hydrogen (secondary N) is 1. The molecule has 1 heterocycles. The van der Waals surface area contributed by atoms with Gasteiger partial charge in [-0.05, 0) is 36.1 Å². The maximum absolute atomic E-state index is 12.5. The number of morpholine rings is 1. The van der Waals surface area contributed by atoms with Crippen molar-refractivity contribution in [3.05, 3.63) is 65.7 Å². The van der Waals surface area contributed by atoms with Crippen LogP contribution in [0.15, 0.2) is 54.6 Å². The highest BCUT2D eigenvalue weighted by atomic mass is 16.5. The summed E-state index contributed by atoms with van der Waals surface area (Å²) >= 11 is 0. The molecule has 2 atom stereocenters. The number of hydrogen-bond acceptors (Lipinski definition) is 4. The molecule has 158 valence electrons. The number of carbonyl (C=O) groups excluding carboxylic acids is 2. The lowest BCUT2D eigenvalue weighted by molar-refractivity contribution is -0.155. The topological polar surface area (TPSA) is 78.9 Å². The molecule has 1 aliphatic carbocycles. The number of benzene rings is 2. The minimum absolute atomic E-state index is 0.0300. The molecule has 0 bridgehead atoms. The van der Waals surface area contributed by atoms with Crippen LogP contribution in [0.2, 0.25) is 0 Å². The van der Waals surface area contributed by atoms with E-state index >= 15 is 0 Å². The fourth-order valence-corrected chi connectivity index (χ4v) is 4.29. The Bertz CT molecular complexity index is 863. The summed E-state index contributed by atoms with van der Waals surface area (Å²) < 4.78 is 5.43. The Kier molecular flexibility index (Phi) is 6.45. The first-order valence-electron chi connectivity index (χ1n) is 10.6. The van der Waals surface area contributed by atoms with Gasteiger partial charge in [0.2, 0.25) is 11.8 Å². The number of rotatable bonds is 6. The van der Waals surface area contributed by atoms with E-state index in [0.717, 1.165) is 36.9 Å². The zero-order valence-electron chi connectivity index (χ0n) is 17.0. The highest BCUT2D eigenvalue weighted by molar-refractivity contribution is 5.92. The fourth-order valence-electron chi connectivity index (χ4n) is 4.29. The molecule has 2 aromatic carbocycles. The number of ether oxygens (including phenoxy) is 1. The molecule has 6 heteroatoms. The molecule has 6 nitrogen and oxygen atoms in total. The van der Waals surface area contributed by atoms with E-state index in [1.165, 1.54) is 0 Å². The molecule has 1 aliphatic heterocycles. The summed E-state index contributed by atoms with van der Waals surface area (Å²) in [5.74, 6) is 0.0444. The third-order valence-corrected chi connectivity index (χ3v) is 6.04. The van der Waals surface area contributed by atoms with Gasteiger partial charge < -0.3 is 20.1 Å². The summed E-state index contributed by atoms with van der Waals surface area (Å²) in [6, 6.07) is 16.5. The van der Waals surface area contributed by atoms with Crippen molar-refractivity contribution >= 4 is 17.5 Å². The third kappa shape index (κ3) is 4.71. The summed E-state index contributed by atoms with van der Waals surface area (Å²) in [7, 11) is 0. The number of amides is 2. The Morgan fingerprint density at radius 1 is 1.10 bits per heavy atom. The second kappa shape index (κ2) is 9.41.